The molecule has 0 aliphatic heterocycles. The molecule has 0 aromatic heterocycles. The first kappa shape index (κ1) is 14.4. The predicted octanol–water partition coefficient (Wildman–Crippen LogP) is 4.28. The Balaban J connectivity index is 3.03. The van der Waals surface area contributed by atoms with Crippen LogP contribution < -0.4 is 4.90 Å². The maximum absolute atomic E-state index is 12.4. The number of hydrogen-bond donors (Lipinski definition) is 0. The van der Waals surface area contributed by atoms with Crippen molar-refractivity contribution in [3.63, 3.8) is 0 Å². The van der Waals surface area contributed by atoms with E-state index in [4.69, 9.17) is 0 Å². The van der Waals surface area contributed by atoms with E-state index in [1.807, 2.05) is 19.1 Å². The van der Waals surface area contributed by atoms with E-state index in [2.05, 4.69) is 15.9 Å². The second-order valence-electron chi connectivity index (χ2n) is 3.90. The molecule has 0 atom stereocenters. The molecule has 96 valence electrons. The zero-order valence-corrected chi connectivity index (χ0v) is 11.4. The van der Waals surface area contributed by atoms with Crippen molar-refractivity contribution in [3.8, 4) is 0 Å². The first-order valence-corrected chi connectivity index (χ1v) is 6.46. The SMILES string of the molecule is CCN(CC(F)(F)F)c1ccc(C)cc1CBr. The largest absolute Gasteiger partial charge is 0.405 e. The minimum Gasteiger partial charge on any atom is -0.363 e. The maximum atomic E-state index is 12.4. The van der Waals surface area contributed by atoms with Gasteiger partial charge in [-0.15, -0.1) is 0 Å². The molecule has 0 saturated carbocycles. The third kappa shape index (κ3) is 4.22. The molecule has 0 heterocycles. The van der Waals surface area contributed by atoms with Gasteiger partial charge in [-0.2, -0.15) is 13.2 Å². The Morgan fingerprint density at radius 1 is 1.29 bits per heavy atom. The molecule has 0 N–H and O–H groups in total. The van der Waals surface area contributed by atoms with Crippen LogP contribution in [0, 0.1) is 6.92 Å². The van der Waals surface area contributed by atoms with Crippen molar-refractivity contribution >= 4 is 21.6 Å². The van der Waals surface area contributed by atoms with Gasteiger partial charge in [-0.1, -0.05) is 33.6 Å². The highest BCUT2D eigenvalue weighted by Crippen LogP contribution is 2.27. The Hall–Kier alpha value is -0.710. The summed E-state index contributed by atoms with van der Waals surface area (Å²) in [6, 6.07) is 5.49. The Morgan fingerprint density at radius 3 is 2.41 bits per heavy atom. The van der Waals surface area contributed by atoms with Gasteiger partial charge in [0.15, 0.2) is 0 Å². The van der Waals surface area contributed by atoms with Crippen molar-refractivity contribution < 1.29 is 13.2 Å². The van der Waals surface area contributed by atoms with Crippen molar-refractivity contribution in [2.24, 2.45) is 0 Å². The minimum atomic E-state index is -4.18. The smallest absolute Gasteiger partial charge is 0.363 e. The van der Waals surface area contributed by atoms with Gasteiger partial charge in [0.25, 0.3) is 0 Å². The highest BCUT2D eigenvalue weighted by molar-refractivity contribution is 9.08. The van der Waals surface area contributed by atoms with Crippen LogP contribution in [0.25, 0.3) is 0 Å². The summed E-state index contributed by atoms with van der Waals surface area (Å²) >= 11 is 3.31. The number of benzene rings is 1. The van der Waals surface area contributed by atoms with Crippen LogP contribution in [0.2, 0.25) is 0 Å². The van der Waals surface area contributed by atoms with E-state index in [9.17, 15) is 13.2 Å². The number of rotatable bonds is 4. The van der Waals surface area contributed by atoms with Crippen LogP contribution in [-0.2, 0) is 5.33 Å². The molecule has 17 heavy (non-hydrogen) atoms. The molecule has 0 radical (unpaired) electrons. The summed E-state index contributed by atoms with van der Waals surface area (Å²) in [4.78, 5) is 1.34. The van der Waals surface area contributed by atoms with E-state index in [0.29, 0.717) is 17.6 Å². The molecule has 1 nitrogen and oxygen atoms in total. The topological polar surface area (TPSA) is 3.24 Å². The van der Waals surface area contributed by atoms with Crippen LogP contribution in [-0.4, -0.2) is 19.3 Å². The number of alkyl halides is 4. The lowest BCUT2D eigenvalue weighted by molar-refractivity contribution is -0.119. The van der Waals surface area contributed by atoms with Gasteiger partial charge < -0.3 is 4.90 Å². The minimum absolute atomic E-state index is 0.336. The monoisotopic (exact) mass is 309 g/mol. The van der Waals surface area contributed by atoms with E-state index in [1.165, 1.54) is 4.90 Å². The molecule has 0 bridgehead atoms. The first-order valence-electron chi connectivity index (χ1n) is 5.34. The summed E-state index contributed by atoms with van der Waals surface area (Å²) in [7, 11) is 0. The number of anilines is 1. The number of hydrogen-bond acceptors (Lipinski definition) is 1. The molecule has 0 unspecified atom stereocenters. The fourth-order valence-electron chi connectivity index (χ4n) is 1.71. The summed E-state index contributed by atoms with van der Waals surface area (Å²) in [5.41, 5.74) is 2.58. The van der Waals surface area contributed by atoms with Crippen LogP contribution in [0.4, 0.5) is 18.9 Å². The van der Waals surface area contributed by atoms with Crippen LogP contribution in [0.1, 0.15) is 18.1 Å². The van der Waals surface area contributed by atoms with Gasteiger partial charge in [-0.05, 0) is 25.5 Å². The van der Waals surface area contributed by atoms with Crippen LogP contribution in [0.15, 0.2) is 18.2 Å². The Morgan fingerprint density at radius 2 is 1.94 bits per heavy atom. The Bertz CT molecular complexity index is 377. The summed E-state index contributed by atoms with van der Waals surface area (Å²) in [5.74, 6) is 0. The molecular weight excluding hydrogens is 295 g/mol. The highest BCUT2D eigenvalue weighted by Gasteiger charge is 2.30. The van der Waals surface area contributed by atoms with Gasteiger partial charge in [0.1, 0.15) is 6.54 Å². The van der Waals surface area contributed by atoms with Crippen LogP contribution in [0.3, 0.4) is 0 Å². The second kappa shape index (κ2) is 5.76. The van der Waals surface area contributed by atoms with Gasteiger partial charge in [-0.3, -0.25) is 0 Å². The lowest BCUT2D eigenvalue weighted by Gasteiger charge is -2.26. The van der Waals surface area contributed by atoms with Gasteiger partial charge in [0.2, 0.25) is 0 Å². The van der Waals surface area contributed by atoms with Crippen molar-refractivity contribution in [1.82, 2.24) is 0 Å². The Kier molecular flexibility index (Phi) is 4.86. The Labute approximate surface area is 108 Å². The number of halogens is 4. The lowest BCUT2D eigenvalue weighted by atomic mass is 10.1. The maximum Gasteiger partial charge on any atom is 0.405 e. The van der Waals surface area contributed by atoms with Gasteiger partial charge in [0, 0.05) is 17.6 Å². The third-order valence-corrected chi connectivity index (χ3v) is 3.08. The van der Waals surface area contributed by atoms with Crippen molar-refractivity contribution in [3.05, 3.63) is 29.3 Å². The molecule has 1 rings (SSSR count). The van der Waals surface area contributed by atoms with Crippen molar-refractivity contribution in [1.29, 1.82) is 0 Å². The highest BCUT2D eigenvalue weighted by atomic mass is 79.9. The molecule has 1 aromatic rings. The zero-order chi connectivity index (χ0) is 13.1. The first-order chi connectivity index (χ1) is 7.87. The normalized spacial score (nSPS) is 11.6. The number of aryl methyl sites for hydroxylation is 1. The van der Waals surface area contributed by atoms with E-state index in [-0.39, 0.29) is 0 Å². The van der Waals surface area contributed by atoms with E-state index in [0.717, 1.165) is 11.1 Å². The quantitative estimate of drug-likeness (QED) is 0.750. The van der Waals surface area contributed by atoms with Crippen LogP contribution in [0.5, 0.6) is 0 Å². The van der Waals surface area contributed by atoms with Gasteiger partial charge >= 0.3 is 6.18 Å². The molecular formula is C12H15BrF3N. The lowest BCUT2D eigenvalue weighted by Crippen LogP contribution is -2.34. The van der Waals surface area contributed by atoms with Crippen molar-refractivity contribution in [2.75, 3.05) is 18.0 Å². The predicted molar refractivity (Wildman–Crippen MR) is 67.8 cm³/mol. The molecule has 0 aliphatic carbocycles. The fraction of sp³-hybridized carbons (Fsp3) is 0.500. The zero-order valence-electron chi connectivity index (χ0n) is 9.81. The van der Waals surface area contributed by atoms with E-state index < -0.39 is 12.7 Å². The average Bonchev–Trinajstić information content (AvgIpc) is 2.24. The van der Waals surface area contributed by atoms with Gasteiger partial charge in [0.05, 0.1) is 0 Å². The summed E-state index contributed by atoms with van der Waals surface area (Å²) in [6.07, 6.45) is -4.18. The van der Waals surface area contributed by atoms with E-state index in [1.54, 1.807) is 13.0 Å². The third-order valence-electron chi connectivity index (χ3n) is 2.47. The molecule has 1 aromatic carbocycles. The van der Waals surface area contributed by atoms with E-state index >= 15 is 0 Å². The van der Waals surface area contributed by atoms with Gasteiger partial charge in [-0.25, -0.2) is 0 Å². The van der Waals surface area contributed by atoms with Crippen LogP contribution >= 0.6 is 15.9 Å². The molecule has 0 fully saturated rings. The summed E-state index contributed by atoms with van der Waals surface area (Å²) < 4.78 is 37.3. The second-order valence-corrected chi connectivity index (χ2v) is 4.46. The number of nitrogens with zero attached hydrogens (tertiary/aromatic N) is 1. The summed E-state index contributed by atoms with van der Waals surface area (Å²) in [6.45, 7) is 3.08. The molecule has 0 aliphatic rings. The average molecular weight is 310 g/mol. The molecule has 0 amide bonds. The fourth-order valence-corrected chi connectivity index (χ4v) is 2.16. The standard InChI is InChI=1S/C12H15BrF3N/c1-3-17(8-12(14,15)16)11-5-4-9(2)6-10(11)7-13/h4-6H,3,7-8H2,1-2H3. The van der Waals surface area contributed by atoms with Crippen molar-refractivity contribution in [2.45, 2.75) is 25.4 Å². The summed E-state index contributed by atoms with van der Waals surface area (Å²) in [5, 5.41) is 0.554. The molecule has 0 saturated heterocycles. The molecule has 0 spiro atoms. The molecule has 5 heteroatoms.